The smallest absolute Gasteiger partial charge is 0.463 e. The van der Waals surface area contributed by atoms with Crippen molar-refractivity contribution in [1.29, 1.82) is 0 Å². The highest BCUT2D eigenvalue weighted by molar-refractivity contribution is 9.09. The van der Waals surface area contributed by atoms with Crippen molar-refractivity contribution < 1.29 is 87.6 Å². The Labute approximate surface area is 468 Å². The van der Waals surface area contributed by atoms with Crippen LogP contribution in [0.2, 0.25) is 0 Å². The molecule has 2 heterocycles. The normalized spacial score (nSPS) is 23.4. The second-order valence-electron chi connectivity index (χ2n) is 18.7. The summed E-state index contributed by atoms with van der Waals surface area (Å²) in [5.41, 5.74) is -5.13. The maximum atomic E-state index is 14.2. The van der Waals surface area contributed by atoms with Gasteiger partial charge in [-0.15, -0.1) is 0 Å². The van der Waals surface area contributed by atoms with E-state index in [2.05, 4.69) is 15.9 Å². The van der Waals surface area contributed by atoms with Crippen molar-refractivity contribution in [2.24, 2.45) is 0 Å². The highest BCUT2D eigenvalue weighted by Gasteiger charge is 2.64. The minimum Gasteiger partial charge on any atom is -0.463 e. The maximum Gasteiger partial charge on any atom is 0.523 e. The molecule has 5 unspecified atom stereocenters. The lowest BCUT2D eigenvalue weighted by molar-refractivity contribution is -0.387. The average Bonchev–Trinajstić information content (AvgIpc) is 3.91. The van der Waals surface area contributed by atoms with Gasteiger partial charge in [-0.1, -0.05) is 198 Å². The van der Waals surface area contributed by atoms with E-state index in [0.717, 1.165) is 27.7 Å². The van der Waals surface area contributed by atoms with Gasteiger partial charge in [0.05, 0.1) is 11.4 Å². The van der Waals surface area contributed by atoms with Crippen LogP contribution in [0.1, 0.15) is 61.1 Å². The first-order chi connectivity index (χ1) is 38.2. The van der Waals surface area contributed by atoms with Gasteiger partial charge in [0.2, 0.25) is 12.1 Å². The zero-order valence-corrected chi connectivity index (χ0v) is 45.9. The van der Waals surface area contributed by atoms with Crippen LogP contribution in [-0.4, -0.2) is 111 Å². The van der Waals surface area contributed by atoms with Crippen molar-refractivity contribution in [1.82, 2.24) is 0 Å². The van der Waals surface area contributed by atoms with Crippen molar-refractivity contribution >= 4 is 49.9 Å². The van der Waals surface area contributed by atoms with E-state index in [-0.39, 0.29) is 6.61 Å². The van der Waals surface area contributed by atoms with E-state index in [1.807, 2.05) is 146 Å². The molecule has 0 N–H and O–H groups in total. The molecule has 2 fully saturated rings. The summed E-state index contributed by atoms with van der Waals surface area (Å²) in [5.74, 6) is -6.79. The molecule has 422 valence electrons. The SMILES string of the molecule is CC(=O)OCC1OC(O[C@]2(COC(c3ccccc3)(c3ccccc3)c3ccccc3)O[C@H](COC(c3ccccc3)(c3ccccc3)c3ccccc3)[C@@H](Br)[C@@H]2OC(C)=O)C(OC(C)=O)C(OC(C)=O)C1OS(=O)(=O)C(F)(F)F. The number of hydrogen-bond donors (Lipinski definition) is 0. The minimum atomic E-state index is -6.58. The van der Waals surface area contributed by atoms with Crippen LogP contribution < -0.4 is 0 Å². The Kier molecular flexibility index (Phi) is 18.8. The van der Waals surface area contributed by atoms with Gasteiger partial charge in [-0.05, 0) is 33.4 Å². The third kappa shape index (κ3) is 12.8. The van der Waals surface area contributed by atoms with Gasteiger partial charge in [0.25, 0.3) is 0 Å². The first kappa shape index (κ1) is 59.3. The van der Waals surface area contributed by atoms with E-state index < -0.39 is 117 Å². The van der Waals surface area contributed by atoms with Crippen LogP contribution in [0.3, 0.4) is 0 Å². The van der Waals surface area contributed by atoms with Crippen LogP contribution >= 0.6 is 15.9 Å². The second kappa shape index (κ2) is 25.3. The van der Waals surface area contributed by atoms with Crippen LogP contribution in [-0.2, 0) is 87.3 Å². The standard InChI is InChI=1S/C59H56BrF3O16S/c1-38(64)70-35-49-51(79-80(68,69)59(61,62)63)52(73-39(2)65)53(74-40(3)66)55(76-49)78-56(37-72-58(45-29-17-8-18-30-45,46-31-19-9-20-32-46)47-33-21-10-22-34-47)54(75-41(4)67)50(60)48(77-56)36-71-57(42-23-11-5-12-24-42,43-25-13-6-14-26-43)44-27-15-7-16-28-44/h5-34,48-55H,35-37H2,1-4H3/t48-,49?,50-,51?,52?,53?,54+,55?,56+/m1/s1. The van der Waals surface area contributed by atoms with Crippen molar-refractivity contribution in [2.75, 3.05) is 19.8 Å². The predicted octanol–water partition coefficient (Wildman–Crippen LogP) is 9.20. The van der Waals surface area contributed by atoms with Gasteiger partial charge in [0, 0.05) is 27.7 Å². The maximum absolute atomic E-state index is 14.2. The highest BCUT2D eigenvalue weighted by atomic mass is 79.9. The quantitative estimate of drug-likeness (QED) is 0.0165. The highest BCUT2D eigenvalue weighted by Crippen LogP contribution is 2.49. The fourth-order valence-electron chi connectivity index (χ4n) is 9.95. The first-order valence-corrected chi connectivity index (χ1v) is 27.4. The van der Waals surface area contributed by atoms with Crippen LogP contribution in [0.5, 0.6) is 0 Å². The Bertz CT molecular complexity index is 2960. The van der Waals surface area contributed by atoms with Crippen LogP contribution in [0.15, 0.2) is 182 Å². The summed E-state index contributed by atoms with van der Waals surface area (Å²) in [6.07, 6.45) is -14.3. The molecule has 0 bridgehead atoms. The Hall–Kier alpha value is -6.82. The van der Waals surface area contributed by atoms with Crippen LogP contribution in [0.4, 0.5) is 13.2 Å². The molecule has 9 atom stereocenters. The molecule has 0 saturated carbocycles. The molecule has 8 rings (SSSR count). The summed E-state index contributed by atoms with van der Waals surface area (Å²) in [6.45, 7) is 1.65. The van der Waals surface area contributed by atoms with Crippen molar-refractivity contribution in [3.8, 4) is 0 Å². The molecule has 2 aliphatic heterocycles. The Morgan fingerprint density at radius 3 is 1.25 bits per heavy atom. The number of alkyl halides is 4. The monoisotopic (exact) mass is 1190 g/mol. The zero-order valence-electron chi connectivity index (χ0n) is 43.5. The summed E-state index contributed by atoms with van der Waals surface area (Å²) >= 11 is 3.78. The average molecular weight is 1190 g/mol. The summed E-state index contributed by atoms with van der Waals surface area (Å²) < 4.78 is 131. The van der Waals surface area contributed by atoms with Gasteiger partial charge in [-0.3, -0.25) is 23.4 Å². The number of carbonyl (C=O) groups excluding carboxylic acids is 4. The first-order valence-electron chi connectivity index (χ1n) is 25.1. The van der Waals surface area contributed by atoms with Gasteiger partial charge in [0.15, 0.2) is 18.3 Å². The molecular weight excluding hydrogens is 1130 g/mol. The zero-order chi connectivity index (χ0) is 57.3. The van der Waals surface area contributed by atoms with Gasteiger partial charge in [0.1, 0.15) is 42.7 Å². The van der Waals surface area contributed by atoms with E-state index in [0.29, 0.717) is 33.4 Å². The van der Waals surface area contributed by atoms with Gasteiger partial charge in [-0.2, -0.15) is 21.6 Å². The predicted molar refractivity (Wildman–Crippen MR) is 284 cm³/mol. The summed E-state index contributed by atoms with van der Waals surface area (Å²) in [4.78, 5) is 51.0. The Morgan fingerprint density at radius 2 is 0.887 bits per heavy atom. The van der Waals surface area contributed by atoms with Crippen molar-refractivity contribution in [2.45, 2.75) is 97.9 Å². The van der Waals surface area contributed by atoms with E-state index in [9.17, 15) is 40.8 Å². The van der Waals surface area contributed by atoms with Crippen LogP contribution in [0.25, 0.3) is 0 Å². The molecule has 80 heavy (non-hydrogen) atoms. The number of halogens is 4. The third-order valence-corrected chi connectivity index (χ3v) is 15.4. The van der Waals surface area contributed by atoms with E-state index in [1.54, 1.807) is 36.4 Å². The Morgan fingerprint density at radius 1 is 0.512 bits per heavy atom. The molecule has 21 heteroatoms. The van der Waals surface area contributed by atoms with Crippen molar-refractivity contribution in [3.05, 3.63) is 215 Å². The number of carbonyl (C=O) groups is 4. The van der Waals surface area contributed by atoms with Crippen LogP contribution in [0, 0.1) is 0 Å². The lowest BCUT2D eigenvalue weighted by Crippen LogP contribution is -2.66. The minimum absolute atomic E-state index is 0.339. The number of benzene rings is 6. The molecule has 0 amide bonds. The molecule has 2 aliphatic rings. The molecule has 6 aromatic carbocycles. The summed E-state index contributed by atoms with van der Waals surface area (Å²) in [6, 6.07) is 55.3. The summed E-state index contributed by atoms with van der Waals surface area (Å²) in [5, 5.41) is 0. The van der Waals surface area contributed by atoms with E-state index in [1.165, 1.54) is 0 Å². The fourth-order valence-corrected chi connectivity index (χ4v) is 11.4. The second-order valence-corrected chi connectivity index (χ2v) is 21.3. The molecule has 0 radical (unpaired) electrons. The van der Waals surface area contributed by atoms with E-state index >= 15 is 0 Å². The molecule has 2 saturated heterocycles. The number of hydrogen-bond acceptors (Lipinski definition) is 16. The number of ether oxygens (including phenoxy) is 9. The van der Waals surface area contributed by atoms with Crippen molar-refractivity contribution in [3.63, 3.8) is 0 Å². The largest absolute Gasteiger partial charge is 0.523 e. The van der Waals surface area contributed by atoms with Gasteiger partial charge >= 0.3 is 39.5 Å². The molecule has 0 aromatic heterocycles. The summed E-state index contributed by atoms with van der Waals surface area (Å²) in [7, 11) is -6.58. The fraction of sp³-hybridized carbons (Fsp3) is 0.322. The third-order valence-electron chi connectivity index (χ3n) is 13.2. The van der Waals surface area contributed by atoms with E-state index in [4.69, 9.17) is 46.8 Å². The molecule has 6 aromatic rings. The molecule has 0 aliphatic carbocycles. The number of rotatable bonds is 21. The Balaban J connectivity index is 1.34. The lowest BCUT2D eigenvalue weighted by atomic mass is 9.80. The lowest BCUT2D eigenvalue weighted by Gasteiger charge is -2.47. The topological polar surface area (TPSA) is 195 Å². The van der Waals surface area contributed by atoms with Gasteiger partial charge < -0.3 is 42.6 Å². The van der Waals surface area contributed by atoms with Gasteiger partial charge in [-0.25, -0.2) is 0 Å². The molecular formula is C59H56BrF3O16S. The molecule has 0 spiro atoms. The number of esters is 4. The molecule has 16 nitrogen and oxygen atoms in total.